The lowest BCUT2D eigenvalue weighted by Gasteiger charge is -2.21. The molecular weight excluding hydrogens is 345 g/mol. The molecule has 0 aliphatic heterocycles. The molecule has 1 aromatic carbocycles. The van der Waals surface area contributed by atoms with Crippen molar-refractivity contribution in [2.75, 3.05) is 6.54 Å². The van der Waals surface area contributed by atoms with Crippen LogP contribution in [0.1, 0.15) is 51.0 Å². The van der Waals surface area contributed by atoms with E-state index >= 15 is 0 Å². The van der Waals surface area contributed by atoms with Crippen LogP contribution in [0, 0.1) is 5.41 Å². The van der Waals surface area contributed by atoms with Gasteiger partial charge in [0.15, 0.2) is 11.9 Å². The van der Waals surface area contributed by atoms with E-state index < -0.39 is 0 Å². The monoisotopic (exact) mass is 371 g/mol. The van der Waals surface area contributed by atoms with Crippen LogP contribution in [0.4, 0.5) is 0 Å². The van der Waals surface area contributed by atoms with Crippen molar-refractivity contribution < 1.29 is 0 Å². The van der Waals surface area contributed by atoms with Crippen LogP contribution in [0.2, 0.25) is 10.0 Å². The van der Waals surface area contributed by atoms with Crippen LogP contribution in [0.5, 0.6) is 0 Å². The van der Waals surface area contributed by atoms with E-state index in [1.165, 1.54) is 30.6 Å². The van der Waals surface area contributed by atoms with Gasteiger partial charge in [-0.05, 0) is 24.1 Å². The Morgan fingerprint density at radius 2 is 1.75 bits per heavy atom. The second kappa shape index (κ2) is 11.2. The molecule has 0 aromatic heterocycles. The maximum atomic E-state index is 7.68. The molecule has 0 heterocycles. The van der Waals surface area contributed by atoms with Gasteiger partial charge in [0.2, 0.25) is 0 Å². The molecule has 134 valence electrons. The van der Waals surface area contributed by atoms with Crippen molar-refractivity contribution in [3.8, 4) is 0 Å². The lowest BCUT2D eigenvalue weighted by Crippen LogP contribution is -2.46. The third kappa shape index (κ3) is 7.41. The Labute approximate surface area is 154 Å². The van der Waals surface area contributed by atoms with Gasteiger partial charge in [-0.15, -0.1) is 0 Å². The summed E-state index contributed by atoms with van der Waals surface area (Å²) in [7, 11) is 0. The van der Waals surface area contributed by atoms with Gasteiger partial charge in [-0.25, -0.2) is 4.99 Å². The van der Waals surface area contributed by atoms with Crippen molar-refractivity contribution >= 4 is 35.1 Å². The molecule has 7 heteroatoms. The maximum Gasteiger partial charge on any atom is 0.198 e. The number of benzene rings is 1. The number of hydrogen-bond acceptors (Lipinski definition) is 2. The predicted octanol–water partition coefficient (Wildman–Crippen LogP) is 4.36. The van der Waals surface area contributed by atoms with E-state index in [4.69, 9.17) is 40.1 Å². The Hall–Kier alpha value is -1.46. The quantitative estimate of drug-likeness (QED) is 0.342. The molecule has 0 saturated carbocycles. The predicted molar refractivity (Wildman–Crippen MR) is 104 cm³/mol. The van der Waals surface area contributed by atoms with Crippen LogP contribution in [0.3, 0.4) is 0 Å². The van der Waals surface area contributed by atoms with Crippen LogP contribution in [0.15, 0.2) is 23.2 Å². The van der Waals surface area contributed by atoms with Crippen molar-refractivity contribution in [1.82, 2.24) is 4.90 Å². The molecule has 0 bridgehead atoms. The third-order valence-electron chi connectivity index (χ3n) is 3.71. The van der Waals surface area contributed by atoms with Gasteiger partial charge in [0.1, 0.15) is 0 Å². The molecule has 5 nitrogen and oxygen atoms in total. The van der Waals surface area contributed by atoms with E-state index in [1.807, 2.05) is 6.07 Å². The van der Waals surface area contributed by atoms with Crippen molar-refractivity contribution in [3.63, 3.8) is 0 Å². The molecule has 0 spiro atoms. The Balaban J connectivity index is 2.53. The first-order valence-electron chi connectivity index (χ1n) is 8.31. The Kier molecular flexibility index (Phi) is 9.57. The molecule has 0 fully saturated rings. The smallest absolute Gasteiger partial charge is 0.198 e. The minimum Gasteiger partial charge on any atom is -0.370 e. The van der Waals surface area contributed by atoms with Crippen LogP contribution in [-0.2, 0) is 6.54 Å². The summed E-state index contributed by atoms with van der Waals surface area (Å²) in [5, 5.41) is 8.67. The SMILES string of the molecule is CCCCCCCCN(C(=N)N)C(N)=NCc1ccc(Cl)c(Cl)c1. The van der Waals surface area contributed by atoms with Crippen LogP contribution in [-0.4, -0.2) is 23.4 Å². The van der Waals surface area contributed by atoms with E-state index in [0.717, 1.165) is 18.4 Å². The molecule has 0 saturated heterocycles. The highest BCUT2D eigenvalue weighted by molar-refractivity contribution is 6.42. The average Bonchev–Trinajstić information content (AvgIpc) is 2.54. The van der Waals surface area contributed by atoms with Gasteiger partial charge in [-0.2, -0.15) is 0 Å². The molecule has 0 unspecified atom stereocenters. The van der Waals surface area contributed by atoms with Gasteiger partial charge in [0, 0.05) is 6.54 Å². The highest BCUT2D eigenvalue weighted by Gasteiger charge is 2.10. The third-order valence-corrected chi connectivity index (χ3v) is 4.45. The first-order chi connectivity index (χ1) is 11.5. The number of guanidine groups is 2. The zero-order valence-electron chi connectivity index (χ0n) is 14.2. The minimum atomic E-state index is -0.0843. The molecule has 1 rings (SSSR count). The molecule has 0 radical (unpaired) electrons. The fourth-order valence-corrected chi connectivity index (χ4v) is 2.62. The van der Waals surface area contributed by atoms with Gasteiger partial charge < -0.3 is 11.5 Å². The lowest BCUT2D eigenvalue weighted by atomic mass is 10.1. The van der Waals surface area contributed by atoms with E-state index in [2.05, 4.69) is 11.9 Å². The van der Waals surface area contributed by atoms with Crippen LogP contribution < -0.4 is 11.5 Å². The molecule has 24 heavy (non-hydrogen) atoms. The summed E-state index contributed by atoms with van der Waals surface area (Å²) in [6, 6.07) is 5.33. The number of nitrogens with two attached hydrogens (primary N) is 2. The summed E-state index contributed by atoms with van der Waals surface area (Å²) in [5.74, 6) is 0.168. The van der Waals surface area contributed by atoms with Crippen molar-refractivity contribution in [2.45, 2.75) is 52.0 Å². The average molecular weight is 372 g/mol. The lowest BCUT2D eigenvalue weighted by molar-refractivity contribution is 0.518. The largest absolute Gasteiger partial charge is 0.370 e. The van der Waals surface area contributed by atoms with E-state index in [9.17, 15) is 0 Å². The summed E-state index contributed by atoms with van der Waals surface area (Å²) in [4.78, 5) is 5.85. The van der Waals surface area contributed by atoms with Crippen LogP contribution in [0.25, 0.3) is 0 Å². The Morgan fingerprint density at radius 3 is 2.38 bits per heavy atom. The highest BCUT2D eigenvalue weighted by atomic mass is 35.5. The van der Waals surface area contributed by atoms with Gasteiger partial charge >= 0.3 is 0 Å². The van der Waals surface area contributed by atoms with Crippen molar-refractivity contribution in [3.05, 3.63) is 33.8 Å². The Morgan fingerprint density at radius 1 is 1.08 bits per heavy atom. The molecule has 0 aliphatic rings. The molecule has 5 N–H and O–H groups in total. The fourth-order valence-electron chi connectivity index (χ4n) is 2.30. The first kappa shape index (κ1) is 20.6. The normalized spacial score (nSPS) is 11.5. The molecule has 0 atom stereocenters. The highest BCUT2D eigenvalue weighted by Crippen LogP contribution is 2.22. The summed E-state index contributed by atoms with van der Waals surface area (Å²) in [6.07, 6.45) is 6.98. The summed E-state index contributed by atoms with van der Waals surface area (Å²) >= 11 is 11.9. The summed E-state index contributed by atoms with van der Waals surface area (Å²) in [5.41, 5.74) is 12.5. The first-order valence-corrected chi connectivity index (χ1v) is 9.06. The number of rotatable bonds is 9. The van der Waals surface area contributed by atoms with Crippen LogP contribution >= 0.6 is 23.2 Å². The van der Waals surface area contributed by atoms with Crippen molar-refractivity contribution in [2.24, 2.45) is 16.5 Å². The van der Waals surface area contributed by atoms with E-state index in [-0.39, 0.29) is 11.9 Å². The Bertz CT molecular complexity index is 560. The standard InChI is InChI=1S/C17H27Cl2N5/c1-2-3-4-5-6-7-10-24(16(20)21)17(22)23-12-13-8-9-14(18)15(19)11-13/h8-9,11H,2-7,10,12H2,1H3,(H3,20,21)(H2,22,23). The second-order valence-corrected chi connectivity index (χ2v) is 6.54. The zero-order chi connectivity index (χ0) is 17.9. The van der Waals surface area contributed by atoms with E-state index in [1.54, 1.807) is 12.1 Å². The fraction of sp³-hybridized carbons (Fsp3) is 0.529. The van der Waals surface area contributed by atoms with Crippen molar-refractivity contribution in [1.29, 1.82) is 5.41 Å². The van der Waals surface area contributed by atoms with Gasteiger partial charge in [0.05, 0.1) is 16.6 Å². The molecule has 0 aliphatic carbocycles. The van der Waals surface area contributed by atoms with Gasteiger partial charge in [-0.3, -0.25) is 10.3 Å². The van der Waals surface area contributed by atoms with Gasteiger partial charge in [-0.1, -0.05) is 68.3 Å². The number of nitrogens with one attached hydrogen (secondary N) is 1. The molecule has 1 aromatic rings. The number of nitrogens with zero attached hydrogens (tertiary/aromatic N) is 2. The summed E-state index contributed by atoms with van der Waals surface area (Å²) < 4.78 is 0. The summed E-state index contributed by atoms with van der Waals surface area (Å²) in [6.45, 7) is 3.17. The molecular formula is C17H27Cl2N5. The number of halogens is 2. The second-order valence-electron chi connectivity index (χ2n) is 5.73. The van der Waals surface area contributed by atoms with E-state index in [0.29, 0.717) is 23.1 Å². The number of hydrogen-bond donors (Lipinski definition) is 3. The molecule has 0 amide bonds. The van der Waals surface area contributed by atoms with Gasteiger partial charge in [0.25, 0.3) is 0 Å². The topological polar surface area (TPSA) is 91.5 Å². The number of unbranched alkanes of at least 4 members (excludes halogenated alkanes) is 5. The maximum absolute atomic E-state index is 7.68. The zero-order valence-corrected chi connectivity index (χ0v) is 15.7. The minimum absolute atomic E-state index is 0.0843. The number of aliphatic imine (C=N–C) groups is 1.